The van der Waals surface area contributed by atoms with Crippen LogP contribution in [0.5, 0.6) is 0 Å². The molecule has 0 spiro atoms. The number of benzene rings is 1. The van der Waals surface area contributed by atoms with Gasteiger partial charge in [-0.3, -0.25) is 4.79 Å². The molecule has 4 rings (SSSR count). The second-order valence-corrected chi connectivity index (χ2v) is 6.58. The van der Waals surface area contributed by atoms with Crippen molar-refractivity contribution in [3.05, 3.63) is 36.0 Å². The number of rotatable bonds is 3. The molecule has 1 unspecified atom stereocenters. The molecule has 4 nitrogen and oxygen atoms in total. The van der Waals surface area contributed by atoms with E-state index in [0.29, 0.717) is 11.7 Å². The molecule has 22 heavy (non-hydrogen) atoms. The SMILES string of the molecule is CC1C[C@]1(C#N)c1ccc2cnc(NC(=O)C3CC3)cc2c1. The average Bonchev–Trinajstić information content (AvgIpc) is 3.42. The number of pyridine rings is 1. The Labute approximate surface area is 129 Å². The summed E-state index contributed by atoms with van der Waals surface area (Å²) in [6.07, 6.45) is 4.65. The van der Waals surface area contributed by atoms with E-state index in [0.717, 1.165) is 35.6 Å². The Morgan fingerprint density at radius 3 is 2.77 bits per heavy atom. The molecule has 2 aliphatic rings. The van der Waals surface area contributed by atoms with Crippen LogP contribution in [-0.2, 0) is 10.2 Å². The van der Waals surface area contributed by atoms with Crippen molar-refractivity contribution in [2.75, 3.05) is 5.32 Å². The highest BCUT2D eigenvalue weighted by molar-refractivity contribution is 5.95. The van der Waals surface area contributed by atoms with Gasteiger partial charge in [0.25, 0.3) is 0 Å². The van der Waals surface area contributed by atoms with Crippen molar-refractivity contribution in [3.63, 3.8) is 0 Å². The summed E-state index contributed by atoms with van der Waals surface area (Å²) >= 11 is 0. The molecule has 2 aliphatic carbocycles. The van der Waals surface area contributed by atoms with E-state index >= 15 is 0 Å². The molecule has 2 atom stereocenters. The second kappa shape index (κ2) is 4.54. The summed E-state index contributed by atoms with van der Waals surface area (Å²) in [5, 5.41) is 14.4. The van der Waals surface area contributed by atoms with E-state index < -0.39 is 0 Å². The van der Waals surface area contributed by atoms with Crippen molar-refractivity contribution in [2.24, 2.45) is 11.8 Å². The third-order valence-corrected chi connectivity index (χ3v) is 4.95. The largest absolute Gasteiger partial charge is 0.310 e. The van der Waals surface area contributed by atoms with Gasteiger partial charge in [-0.2, -0.15) is 5.26 Å². The van der Waals surface area contributed by atoms with Gasteiger partial charge in [-0.1, -0.05) is 19.1 Å². The summed E-state index contributed by atoms with van der Waals surface area (Å²) < 4.78 is 0. The number of aromatic nitrogens is 1. The summed E-state index contributed by atoms with van der Waals surface area (Å²) in [6, 6.07) is 10.5. The zero-order valence-electron chi connectivity index (χ0n) is 12.5. The molecule has 2 aromatic rings. The first-order chi connectivity index (χ1) is 10.6. The number of hydrogen-bond donors (Lipinski definition) is 1. The molecular weight excluding hydrogens is 274 g/mol. The lowest BCUT2D eigenvalue weighted by molar-refractivity contribution is -0.117. The molecule has 0 aliphatic heterocycles. The van der Waals surface area contributed by atoms with Crippen molar-refractivity contribution in [3.8, 4) is 6.07 Å². The van der Waals surface area contributed by atoms with Crippen LogP contribution in [0.3, 0.4) is 0 Å². The van der Waals surface area contributed by atoms with E-state index in [4.69, 9.17) is 0 Å². The van der Waals surface area contributed by atoms with Gasteiger partial charge in [-0.05, 0) is 48.3 Å². The summed E-state index contributed by atoms with van der Waals surface area (Å²) in [6.45, 7) is 2.11. The molecule has 110 valence electrons. The van der Waals surface area contributed by atoms with Gasteiger partial charge in [0.15, 0.2) is 0 Å². The highest BCUT2D eigenvalue weighted by Crippen LogP contribution is 2.53. The first-order valence-corrected chi connectivity index (χ1v) is 7.75. The van der Waals surface area contributed by atoms with Gasteiger partial charge in [0.1, 0.15) is 5.82 Å². The summed E-state index contributed by atoms with van der Waals surface area (Å²) in [5.74, 6) is 1.23. The third-order valence-electron chi connectivity index (χ3n) is 4.95. The molecule has 1 heterocycles. The Kier molecular flexibility index (Phi) is 2.74. The summed E-state index contributed by atoms with van der Waals surface area (Å²) in [5.41, 5.74) is 0.746. The fourth-order valence-electron chi connectivity index (χ4n) is 3.11. The maximum Gasteiger partial charge on any atom is 0.228 e. The number of nitriles is 1. The third kappa shape index (κ3) is 2.05. The number of nitrogens with zero attached hydrogens (tertiary/aromatic N) is 2. The van der Waals surface area contributed by atoms with Gasteiger partial charge in [-0.25, -0.2) is 4.98 Å². The second-order valence-electron chi connectivity index (χ2n) is 6.58. The summed E-state index contributed by atoms with van der Waals surface area (Å²) in [4.78, 5) is 16.1. The number of carbonyl (C=O) groups excluding carboxylic acids is 1. The van der Waals surface area contributed by atoms with Crippen molar-refractivity contribution >= 4 is 22.5 Å². The monoisotopic (exact) mass is 291 g/mol. The lowest BCUT2D eigenvalue weighted by atomic mass is 9.93. The topological polar surface area (TPSA) is 65.8 Å². The van der Waals surface area contributed by atoms with Crippen LogP contribution < -0.4 is 5.32 Å². The molecule has 1 aromatic carbocycles. The van der Waals surface area contributed by atoms with Crippen LogP contribution in [0.4, 0.5) is 5.82 Å². The Morgan fingerprint density at radius 1 is 1.36 bits per heavy atom. The van der Waals surface area contributed by atoms with Crippen molar-refractivity contribution < 1.29 is 4.79 Å². The van der Waals surface area contributed by atoms with Crippen LogP contribution in [-0.4, -0.2) is 10.9 Å². The minimum Gasteiger partial charge on any atom is -0.310 e. The molecule has 1 N–H and O–H groups in total. The van der Waals surface area contributed by atoms with Crippen LogP contribution in [0.15, 0.2) is 30.5 Å². The van der Waals surface area contributed by atoms with E-state index in [9.17, 15) is 10.1 Å². The Balaban J connectivity index is 1.69. The lowest BCUT2D eigenvalue weighted by Gasteiger charge is -2.10. The van der Waals surface area contributed by atoms with E-state index in [2.05, 4.69) is 29.4 Å². The van der Waals surface area contributed by atoms with Crippen LogP contribution in [0, 0.1) is 23.2 Å². The number of amides is 1. The van der Waals surface area contributed by atoms with E-state index in [1.165, 1.54) is 0 Å². The van der Waals surface area contributed by atoms with Gasteiger partial charge in [0.2, 0.25) is 5.91 Å². The van der Waals surface area contributed by atoms with Gasteiger partial charge in [-0.15, -0.1) is 0 Å². The summed E-state index contributed by atoms with van der Waals surface area (Å²) in [7, 11) is 0. The number of carbonyl (C=O) groups is 1. The number of anilines is 1. The Bertz CT molecular complexity index is 819. The zero-order valence-corrected chi connectivity index (χ0v) is 12.5. The van der Waals surface area contributed by atoms with Crippen LogP contribution >= 0.6 is 0 Å². The maximum atomic E-state index is 11.8. The van der Waals surface area contributed by atoms with Crippen molar-refractivity contribution in [1.82, 2.24) is 4.98 Å². The minimum absolute atomic E-state index is 0.0623. The fourth-order valence-corrected chi connectivity index (χ4v) is 3.11. The molecule has 4 heteroatoms. The van der Waals surface area contributed by atoms with Gasteiger partial charge >= 0.3 is 0 Å². The predicted octanol–water partition coefficient (Wildman–Crippen LogP) is 3.38. The van der Waals surface area contributed by atoms with Crippen LogP contribution in [0.1, 0.15) is 31.7 Å². The standard InChI is InChI=1S/C18H17N3O/c1-11-8-18(11,10-19)15-5-4-13-9-20-16(7-14(13)6-15)21-17(22)12-2-3-12/h4-7,9,11-12H,2-3,8H2,1H3,(H,20,21,22)/t11?,18-/m1/s1. The molecular formula is C18H17N3O. The number of fused-ring (bicyclic) bond motifs is 1. The normalized spacial score (nSPS) is 26.5. The molecule has 0 bridgehead atoms. The minimum atomic E-state index is -0.325. The Hall–Kier alpha value is -2.41. The smallest absolute Gasteiger partial charge is 0.228 e. The first kappa shape index (κ1) is 13.3. The number of hydrogen-bond acceptors (Lipinski definition) is 3. The average molecular weight is 291 g/mol. The van der Waals surface area contributed by atoms with Gasteiger partial charge in [0.05, 0.1) is 11.5 Å². The number of nitrogens with one attached hydrogen (secondary N) is 1. The molecule has 2 saturated carbocycles. The van der Waals surface area contributed by atoms with E-state index in [-0.39, 0.29) is 17.2 Å². The van der Waals surface area contributed by atoms with Crippen molar-refractivity contribution in [1.29, 1.82) is 5.26 Å². The molecule has 1 amide bonds. The van der Waals surface area contributed by atoms with Gasteiger partial charge in [0, 0.05) is 17.5 Å². The van der Waals surface area contributed by atoms with Gasteiger partial charge < -0.3 is 5.32 Å². The fraction of sp³-hybridized carbons (Fsp3) is 0.389. The maximum absolute atomic E-state index is 11.8. The van der Waals surface area contributed by atoms with Crippen LogP contribution in [0.25, 0.3) is 10.8 Å². The molecule has 1 aromatic heterocycles. The Morgan fingerprint density at radius 2 is 2.14 bits per heavy atom. The highest BCUT2D eigenvalue weighted by Gasteiger charge is 2.53. The molecule has 2 fully saturated rings. The van der Waals surface area contributed by atoms with E-state index in [1.54, 1.807) is 6.20 Å². The lowest BCUT2D eigenvalue weighted by Crippen LogP contribution is -2.14. The molecule has 0 radical (unpaired) electrons. The van der Waals surface area contributed by atoms with Crippen molar-refractivity contribution in [2.45, 2.75) is 31.6 Å². The zero-order chi connectivity index (χ0) is 15.3. The predicted molar refractivity (Wildman–Crippen MR) is 84.2 cm³/mol. The highest BCUT2D eigenvalue weighted by atomic mass is 16.2. The van der Waals surface area contributed by atoms with E-state index in [1.807, 2.05) is 18.2 Å². The van der Waals surface area contributed by atoms with Crippen LogP contribution in [0.2, 0.25) is 0 Å². The molecule has 0 saturated heterocycles. The quantitative estimate of drug-likeness (QED) is 0.942. The first-order valence-electron chi connectivity index (χ1n) is 7.75.